The number of halogens is 2. The Bertz CT molecular complexity index is 875. The Labute approximate surface area is 173 Å². The van der Waals surface area contributed by atoms with Gasteiger partial charge in [0, 0.05) is 30.1 Å². The van der Waals surface area contributed by atoms with Crippen LogP contribution in [0.15, 0.2) is 29.8 Å². The maximum absolute atomic E-state index is 12.9. The molecule has 2 aliphatic rings. The van der Waals surface area contributed by atoms with Gasteiger partial charge in [-0.3, -0.25) is 9.78 Å². The summed E-state index contributed by atoms with van der Waals surface area (Å²) in [6.07, 6.45) is 5.55. The second kappa shape index (κ2) is 9.05. The van der Waals surface area contributed by atoms with Crippen LogP contribution in [0.4, 0.5) is 0 Å². The standard InChI is InChI=1S/C21H25N3O.2ClH/c1-13-9-14(2)20-17(10-13)18(11-19(24-20)16-3-4-16)21(25)23-12-15-5-7-22-8-6-15;;/h5,9-11,16,22H,3-4,6-8,12H2,1-2H3,(H,23,25);2*1H. The highest BCUT2D eigenvalue weighted by Crippen LogP contribution is 2.40. The average molecular weight is 408 g/mol. The minimum absolute atomic E-state index is 0. The van der Waals surface area contributed by atoms with E-state index < -0.39 is 0 Å². The summed E-state index contributed by atoms with van der Waals surface area (Å²) in [5.74, 6) is 0.544. The molecule has 1 amide bonds. The van der Waals surface area contributed by atoms with Gasteiger partial charge in [-0.05, 0) is 57.4 Å². The van der Waals surface area contributed by atoms with Crippen LogP contribution in [0, 0.1) is 13.8 Å². The fraction of sp³-hybridized carbons (Fsp3) is 0.429. The number of aromatic nitrogens is 1. The summed E-state index contributed by atoms with van der Waals surface area (Å²) < 4.78 is 0. The van der Waals surface area contributed by atoms with Crippen molar-refractivity contribution in [3.8, 4) is 0 Å². The first-order valence-corrected chi connectivity index (χ1v) is 9.20. The van der Waals surface area contributed by atoms with Crippen LogP contribution in [-0.4, -0.2) is 30.5 Å². The Kier molecular flexibility index (Phi) is 7.26. The van der Waals surface area contributed by atoms with E-state index in [0.29, 0.717) is 12.5 Å². The lowest BCUT2D eigenvalue weighted by atomic mass is 10.00. The van der Waals surface area contributed by atoms with Gasteiger partial charge >= 0.3 is 0 Å². The largest absolute Gasteiger partial charge is 0.348 e. The molecular formula is C21H27Cl2N3O. The first-order chi connectivity index (χ1) is 12.1. The first-order valence-electron chi connectivity index (χ1n) is 9.20. The summed E-state index contributed by atoms with van der Waals surface area (Å²) in [5, 5.41) is 7.39. The molecule has 4 rings (SSSR count). The monoisotopic (exact) mass is 407 g/mol. The molecule has 0 atom stereocenters. The highest BCUT2D eigenvalue weighted by Gasteiger charge is 2.27. The average Bonchev–Trinajstić information content (AvgIpc) is 3.45. The van der Waals surface area contributed by atoms with Crippen molar-refractivity contribution in [1.82, 2.24) is 15.6 Å². The highest BCUT2D eigenvalue weighted by atomic mass is 35.5. The molecule has 1 fully saturated rings. The van der Waals surface area contributed by atoms with Gasteiger partial charge in [0.25, 0.3) is 5.91 Å². The summed E-state index contributed by atoms with van der Waals surface area (Å²) in [5.41, 5.74) is 6.44. The molecule has 1 aromatic carbocycles. The fourth-order valence-corrected chi connectivity index (χ4v) is 3.60. The SMILES string of the molecule is Cc1cc(C)c2nc(C3CC3)cc(C(=O)NCC3=CCNCC3)c2c1.Cl.Cl. The van der Waals surface area contributed by atoms with Crippen LogP contribution in [0.25, 0.3) is 10.9 Å². The normalized spacial score (nSPS) is 16.1. The molecular weight excluding hydrogens is 381 g/mol. The van der Waals surface area contributed by atoms with E-state index in [1.165, 1.54) is 24.0 Å². The second-order valence-electron chi connectivity index (χ2n) is 7.35. The van der Waals surface area contributed by atoms with Gasteiger partial charge in [-0.2, -0.15) is 0 Å². The summed E-state index contributed by atoms with van der Waals surface area (Å²) in [4.78, 5) is 17.8. The number of carbonyl (C=O) groups excluding carboxylic acids is 1. The molecule has 0 bridgehead atoms. The van der Waals surface area contributed by atoms with Gasteiger partial charge in [-0.15, -0.1) is 24.8 Å². The smallest absolute Gasteiger partial charge is 0.252 e. The summed E-state index contributed by atoms with van der Waals surface area (Å²) in [7, 11) is 0. The predicted molar refractivity (Wildman–Crippen MR) is 116 cm³/mol. The lowest BCUT2D eigenvalue weighted by molar-refractivity contribution is 0.0958. The molecule has 2 heterocycles. The van der Waals surface area contributed by atoms with Gasteiger partial charge in [0.2, 0.25) is 0 Å². The maximum Gasteiger partial charge on any atom is 0.252 e. The molecule has 2 aromatic rings. The fourth-order valence-electron chi connectivity index (χ4n) is 3.60. The number of rotatable bonds is 4. The molecule has 1 aromatic heterocycles. The Balaban J connectivity index is 0.00000131. The highest BCUT2D eigenvalue weighted by molar-refractivity contribution is 6.07. The molecule has 2 N–H and O–H groups in total. The van der Waals surface area contributed by atoms with Crippen LogP contribution in [0.3, 0.4) is 0 Å². The van der Waals surface area contributed by atoms with Crippen molar-refractivity contribution in [3.05, 3.63) is 52.2 Å². The van der Waals surface area contributed by atoms with E-state index in [1.54, 1.807) is 0 Å². The zero-order valence-electron chi connectivity index (χ0n) is 15.8. The van der Waals surface area contributed by atoms with Crippen LogP contribution >= 0.6 is 24.8 Å². The van der Waals surface area contributed by atoms with E-state index in [9.17, 15) is 4.79 Å². The van der Waals surface area contributed by atoms with Crippen LogP contribution in [0.5, 0.6) is 0 Å². The lowest BCUT2D eigenvalue weighted by Crippen LogP contribution is -2.30. The Morgan fingerprint density at radius 3 is 2.67 bits per heavy atom. The number of aryl methyl sites for hydroxylation is 2. The summed E-state index contributed by atoms with van der Waals surface area (Å²) in [6.45, 7) is 6.68. The van der Waals surface area contributed by atoms with Gasteiger partial charge in [0.05, 0.1) is 11.1 Å². The molecule has 6 heteroatoms. The number of nitrogens with zero attached hydrogens (tertiary/aromatic N) is 1. The molecule has 1 saturated carbocycles. The van der Waals surface area contributed by atoms with Crippen molar-refractivity contribution in [3.63, 3.8) is 0 Å². The number of benzene rings is 1. The molecule has 0 unspecified atom stereocenters. The van der Waals surface area contributed by atoms with E-state index >= 15 is 0 Å². The van der Waals surface area contributed by atoms with Gasteiger partial charge in [-0.25, -0.2) is 0 Å². The minimum Gasteiger partial charge on any atom is -0.348 e. The number of hydrogen-bond donors (Lipinski definition) is 2. The van der Waals surface area contributed by atoms with E-state index in [2.05, 4.69) is 42.7 Å². The van der Waals surface area contributed by atoms with Gasteiger partial charge in [-0.1, -0.05) is 23.3 Å². The number of fused-ring (bicyclic) bond motifs is 1. The second-order valence-corrected chi connectivity index (χ2v) is 7.35. The van der Waals surface area contributed by atoms with Crippen molar-refractivity contribution in [2.24, 2.45) is 0 Å². The zero-order valence-corrected chi connectivity index (χ0v) is 17.4. The number of carbonyl (C=O) groups is 1. The molecule has 146 valence electrons. The minimum atomic E-state index is 0. The third-order valence-corrected chi connectivity index (χ3v) is 5.14. The van der Waals surface area contributed by atoms with Gasteiger partial charge in [0.1, 0.15) is 0 Å². The third-order valence-electron chi connectivity index (χ3n) is 5.14. The van der Waals surface area contributed by atoms with E-state index in [-0.39, 0.29) is 30.7 Å². The molecule has 1 aliphatic heterocycles. The van der Waals surface area contributed by atoms with E-state index in [0.717, 1.165) is 47.2 Å². The van der Waals surface area contributed by atoms with Crippen molar-refractivity contribution in [2.45, 2.75) is 39.0 Å². The molecule has 27 heavy (non-hydrogen) atoms. The quantitative estimate of drug-likeness (QED) is 0.745. The van der Waals surface area contributed by atoms with Crippen LogP contribution in [0.2, 0.25) is 0 Å². The molecule has 1 aliphatic carbocycles. The molecule has 0 saturated heterocycles. The summed E-state index contributed by atoms with van der Waals surface area (Å²) >= 11 is 0. The summed E-state index contributed by atoms with van der Waals surface area (Å²) in [6, 6.07) is 6.25. The zero-order chi connectivity index (χ0) is 17.4. The van der Waals surface area contributed by atoms with Crippen LogP contribution in [-0.2, 0) is 0 Å². The maximum atomic E-state index is 12.9. The topological polar surface area (TPSA) is 54.0 Å². The molecule has 0 spiro atoms. The van der Waals surface area contributed by atoms with Crippen molar-refractivity contribution < 1.29 is 4.79 Å². The Morgan fingerprint density at radius 2 is 2.00 bits per heavy atom. The molecule has 0 radical (unpaired) electrons. The van der Waals surface area contributed by atoms with Crippen molar-refractivity contribution in [2.75, 3.05) is 19.6 Å². The van der Waals surface area contributed by atoms with Crippen LogP contribution < -0.4 is 10.6 Å². The number of amides is 1. The number of hydrogen-bond acceptors (Lipinski definition) is 3. The van der Waals surface area contributed by atoms with Crippen LogP contribution in [0.1, 0.15) is 52.4 Å². The molecule has 4 nitrogen and oxygen atoms in total. The third kappa shape index (κ3) is 4.81. The Morgan fingerprint density at radius 1 is 1.22 bits per heavy atom. The number of nitrogens with one attached hydrogen (secondary N) is 2. The Hall–Kier alpha value is -1.62. The van der Waals surface area contributed by atoms with E-state index in [1.807, 2.05) is 6.07 Å². The predicted octanol–water partition coefficient (Wildman–Crippen LogP) is 4.22. The van der Waals surface area contributed by atoms with E-state index in [4.69, 9.17) is 4.98 Å². The first kappa shape index (κ1) is 21.7. The number of pyridine rings is 1. The lowest BCUT2D eigenvalue weighted by Gasteiger charge is -2.16. The van der Waals surface area contributed by atoms with Crippen molar-refractivity contribution >= 4 is 41.6 Å². The van der Waals surface area contributed by atoms with Gasteiger partial charge < -0.3 is 10.6 Å². The van der Waals surface area contributed by atoms with Crippen molar-refractivity contribution in [1.29, 1.82) is 0 Å². The van der Waals surface area contributed by atoms with Gasteiger partial charge in [0.15, 0.2) is 0 Å².